The van der Waals surface area contributed by atoms with Crippen LogP contribution >= 0.6 is 20.2 Å². The summed E-state index contributed by atoms with van der Waals surface area (Å²) in [6, 6.07) is 0. The van der Waals surface area contributed by atoms with Crippen molar-refractivity contribution in [3.63, 3.8) is 0 Å². The van der Waals surface area contributed by atoms with Crippen LogP contribution < -0.4 is 0 Å². The fourth-order valence-corrected chi connectivity index (χ4v) is 2.31. The van der Waals surface area contributed by atoms with Crippen molar-refractivity contribution >= 4 is 26.2 Å². The molecular weight excluding hydrogens is 239 g/mol. The molecule has 0 bridgehead atoms. The molecule has 0 heterocycles. The van der Waals surface area contributed by atoms with Crippen molar-refractivity contribution in [1.29, 1.82) is 0 Å². The van der Waals surface area contributed by atoms with Crippen molar-refractivity contribution in [1.82, 2.24) is 0 Å². The molecule has 0 aromatic heterocycles. The minimum atomic E-state index is -3.26. The van der Waals surface area contributed by atoms with Crippen LogP contribution in [0.4, 0.5) is 0 Å². The quantitative estimate of drug-likeness (QED) is 0.409. The Labute approximate surface area is 95.4 Å². The zero-order chi connectivity index (χ0) is 11.7. The summed E-state index contributed by atoms with van der Waals surface area (Å²) in [6.07, 6.45) is -0.150. The molecule has 0 saturated carbocycles. The molecule has 5 nitrogen and oxygen atoms in total. The molecule has 0 saturated heterocycles. The Morgan fingerprint density at radius 2 is 1.80 bits per heavy atom. The van der Waals surface area contributed by atoms with Crippen LogP contribution in [-0.4, -0.2) is 31.3 Å². The van der Waals surface area contributed by atoms with E-state index < -0.39 is 13.6 Å². The molecule has 0 atom stereocenters. The van der Waals surface area contributed by atoms with E-state index in [9.17, 15) is 9.36 Å². The first-order valence-corrected chi connectivity index (χ1v) is 7.08. The number of thiol groups is 1. The van der Waals surface area contributed by atoms with Gasteiger partial charge in [-0.25, -0.2) is 0 Å². The highest BCUT2D eigenvalue weighted by molar-refractivity contribution is 7.80. The van der Waals surface area contributed by atoms with Gasteiger partial charge in [0.1, 0.15) is 0 Å². The maximum absolute atomic E-state index is 11.8. The lowest BCUT2D eigenvalue weighted by atomic mass is 10.5. The molecule has 7 heteroatoms. The van der Waals surface area contributed by atoms with Gasteiger partial charge in [-0.2, -0.15) is 12.6 Å². The Morgan fingerprint density at radius 1 is 1.27 bits per heavy atom. The van der Waals surface area contributed by atoms with Crippen molar-refractivity contribution in [2.24, 2.45) is 0 Å². The molecule has 0 rings (SSSR count). The van der Waals surface area contributed by atoms with Crippen LogP contribution in [0.1, 0.15) is 20.3 Å². The highest BCUT2D eigenvalue weighted by Crippen LogP contribution is 2.47. The molecule has 0 aliphatic carbocycles. The molecule has 15 heavy (non-hydrogen) atoms. The number of carbonyl (C=O) groups excluding carboxylic acids is 1. The smallest absolute Gasteiger partial charge is 0.367 e. The van der Waals surface area contributed by atoms with Crippen LogP contribution in [0, 0.1) is 0 Å². The molecule has 0 radical (unpaired) electrons. The molecular formula is C8H17O5PS. The number of esters is 1. The maximum Gasteiger partial charge on any atom is 0.367 e. The summed E-state index contributed by atoms with van der Waals surface area (Å²) in [4.78, 5) is 11.0. The summed E-state index contributed by atoms with van der Waals surface area (Å²) in [6.45, 7) is 3.89. The van der Waals surface area contributed by atoms with E-state index in [1.54, 1.807) is 13.8 Å². The second kappa shape index (κ2) is 8.16. The van der Waals surface area contributed by atoms with E-state index in [0.717, 1.165) is 0 Å². The molecule has 0 unspecified atom stereocenters. The second-order valence-corrected chi connectivity index (χ2v) is 5.01. The van der Waals surface area contributed by atoms with Crippen LogP contribution in [0.25, 0.3) is 0 Å². The average molecular weight is 256 g/mol. The minimum absolute atomic E-state index is 0.182. The summed E-state index contributed by atoms with van der Waals surface area (Å²) >= 11 is 3.88. The van der Waals surface area contributed by atoms with Gasteiger partial charge in [-0.05, 0) is 13.8 Å². The molecule has 0 aromatic rings. The zero-order valence-electron chi connectivity index (χ0n) is 8.97. The molecule has 0 amide bonds. The topological polar surface area (TPSA) is 61.8 Å². The van der Waals surface area contributed by atoms with E-state index in [4.69, 9.17) is 13.8 Å². The van der Waals surface area contributed by atoms with Gasteiger partial charge in [-0.1, -0.05) is 0 Å². The average Bonchev–Trinajstić information content (AvgIpc) is 2.16. The molecule has 0 aliphatic heterocycles. The van der Waals surface area contributed by atoms with Crippen LogP contribution in [0.2, 0.25) is 0 Å². The molecule has 90 valence electrons. The number of ether oxygens (including phenoxy) is 1. The molecule has 0 aliphatic rings. The third kappa shape index (κ3) is 6.95. The minimum Gasteiger partial charge on any atom is -0.453 e. The molecule has 0 aromatic carbocycles. The first kappa shape index (κ1) is 15.0. The highest BCUT2D eigenvalue weighted by atomic mass is 32.1. The predicted molar refractivity (Wildman–Crippen MR) is 60.3 cm³/mol. The van der Waals surface area contributed by atoms with Crippen LogP contribution in [0.15, 0.2) is 0 Å². The second-order valence-electron chi connectivity index (χ2n) is 2.57. The normalized spacial score (nSPS) is 11.4. The lowest BCUT2D eigenvalue weighted by Gasteiger charge is -2.16. The number of carbonyl (C=O) groups is 1. The summed E-state index contributed by atoms with van der Waals surface area (Å²) in [5.74, 6) is -0.0588. The highest BCUT2D eigenvalue weighted by Gasteiger charge is 2.25. The first-order chi connectivity index (χ1) is 7.08. The van der Waals surface area contributed by atoms with Gasteiger partial charge in [-0.15, -0.1) is 0 Å². The fourth-order valence-electron chi connectivity index (χ4n) is 0.820. The van der Waals surface area contributed by atoms with Gasteiger partial charge in [-0.3, -0.25) is 9.36 Å². The predicted octanol–water partition coefficient (Wildman–Crippen LogP) is 2.07. The number of hydrogen-bond acceptors (Lipinski definition) is 6. The van der Waals surface area contributed by atoms with E-state index in [-0.39, 0.29) is 26.0 Å². The van der Waals surface area contributed by atoms with Gasteiger partial charge < -0.3 is 13.8 Å². The lowest BCUT2D eigenvalue weighted by molar-refractivity contribution is -0.141. The Balaban J connectivity index is 4.06. The van der Waals surface area contributed by atoms with E-state index in [1.807, 2.05) is 0 Å². The Kier molecular flexibility index (Phi) is 8.14. The number of rotatable bonds is 8. The van der Waals surface area contributed by atoms with Crippen molar-refractivity contribution in [3.05, 3.63) is 0 Å². The van der Waals surface area contributed by atoms with Crippen LogP contribution in [0.5, 0.6) is 0 Å². The zero-order valence-corrected chi connectivity index (χ0v) is 10.8. The van der Waals surface area contributed by atoms with Gasteiger partial charge in [0.05, 0.1) is 19.6 Å². The van der Waals surface area contributed by atoms with Gasteiger partial charge in [0.2, 0.25) is 0 Å². The van der Waals surface area contributed by atoms with Crippen LogP contribution in [0.3, 0.4) is 0 Å². The largest absolute Gasteiger partial charge is 0.453 e. The van der Waals surface area contributed by atoms with Crippen molar-refractivity contribution in [2.75, 3.05) is 25.3 Å². The van der Waals surface area contributed by atoms with Crippen LogP contribution in [-0.2, 0) is 23.1 Å². The van der Waals surface area contributed by atoms with Crippen molar-refractivity contribution in [3.8, 4) is 0 Å². The first-order valence-electron chi connectivity index (χ1n) is 4.72. The summed E-state index contributed by atoms with van der Waals surface area (Å²) in [5, 5.41) is 0. The third-order valence-electron chi connectivity index (χ3n) is 1.35. The van der Waals surface area contributed by atoms with Gasteiger partial charge in [0, 0.05) is 5.75 Å². The molecule has 0 spiro atoms. The van der Waals surface area contributed by atoms with E-state index in [1.165, 1.54) is 0 Å². The standard InChI is InChI=1S/C8H17O5PS/c1-3-12-14(10,13-4-2)7-11-8(9)5-6-15/h15H,3-7H2,1-2H3. The number of hydrogen-bond donors (Lipinski definition) is 1. The molecule has 0 fully saturated rings. The third-order valence-corrected chi connectivity index (χ3v) is 3.32. The van der Waals surface area contributed by atoms with Crippen molar-refractivity contribution < 1.29 is 23.1 Å². The van der Waals surface area contributed by atoms with Gasteiger partial charge in [0.15, 0.2) is 6.35 Å². The van der Waals surface area contributed by atoms with E-state index in [0.29, 0.717) is 5.75 Å². The summed E-state index contributed by atoms with van der Waals surface area (Å²) in [5.41, 5.74) is 0. The Hall–Kier alpha value is -0.0300. The SMILES string of the molecule is CCOP(=O)(COC(=O)CCS)OCC. The Bertz CT molecular complexity index is 223. The van der Waals surface area contributed by atoms with Gasteiger partial charge in [0.25, 0.3) is 0 Å². The summed E-state index contributed by atoms with van der Waals surface area (Å²) in [7, 11) is -3.26. The molecule has 0 N–H and O–H groups in total. The Morgan fingerprint density at radius 3 is 2.20 bits per heavy atom. The van der Waals surface area contributed by atoms with E-state index in [2.05, 4.69) is 12.6 Å². The fraction of sp³-hybridized carbons (Fsp3) is 0.875. The van der Waals surface area contributed by atoms with E-state index >= 15 is 0 Å². The van der Waals surface area contributed by atoms with Gasteiger partial charge >= 0.3 is 13.6 Å². The lowest BCUT2D eigenvalue weighted by Crippen LogP contribution is -2.09. The summed E-state index contributed by atoms with van der Waals surface area (Å²) < 4.78 is 26.4. The van der Waals surface area contributed by atoms with Crippen molar-refractivity contribution in [2.45, 2.75) is 20.3 Å². The maximum atomic E-state index is 11.8. The monoisotopic (exact) mass is 256 g/mol.